The van der Waals surface area contributed by atoms with Gasteiger partial charge in [-0.1, -0.05) is 19.8 Å². The minimum Gasteiger partial charge on any atom is -0.324 e. The molecule has 5 heteroatoms. The SMILES string of the molecule is CCCC[C@H](N)c1c(F)cc(F)cc1F.Cl. The van der Waals surface area contributed by atoms with E-state index in [1.165, 1.54) is 0 Å². The van der Waals surface area contributed by atoms with Gasteiger partial charge in [-0.3, -0.25) is 0 Å². The summed E-state index contributed by atoms with van der Waals surface area (Å²) in [5, 5.41) is 0. The normalized spacial score (nSPS) is 12.1. The number of halogens is 4. The van der Waals surface area contributed by atoms with Gasteiger partial charge in [0.1, 0.15) is 17.5 Å². The zero-order chi connectivity index (χ0) is 11.4. The van der Waals surface area contributed by atoms with E-state index in [0.29, 0.717) is 18.6 Å². The van der Waals surface area contributed by atoms with Crippen LogP contribution in [0.2, 0.25) is 0 Å². The van der Waals surface area contributed by atoms with Crippen molar-refractivity contribution in [2.24, 2.45) is 5.73 Å². The van der Waals surface area contributed by atoms with Crippen LogP contribution in [0.4, 0.5) is 13.2 Å². The van der Waals surface area contributed by atoms with Gasteiger partial charge in [-0.15, -0.1) is 12.4 Å². The van der Waals surface area contributed by atoms with Gasteiger partial charge in [0.05, 0.1) is 0 Å². The third-order valence-corrected chi connectivity index (χ3v) is 2.28. The zero-order valence-electron chi connectivity index (χ0n) is 8.97. The van der Waals surface area contributed by atoms with E-state index in [-0.39, 0.29) is 18.0 Å². The molecule has 1 nitrogen and oxygen atoms in total. The zero-order valence-corrected chi connectivity index (χ0v) is 9.79. The van der Waals surface area contributed by atoms with Gasteiger partial charge in [0.15, 0.2) is 0 Å². The fourth-order valence-corrected chi connectivity index (χ4v) is 1.48. The predicted molar refractivity (Wildman–Crippen MR) is 60.0 cm³/mol. The van der Waals surface area contributed by atoms with Crippen LogP contribution in [0.5, 0.6) is 0 Å². The highest BCUT2D eigenvalue weighted by molar-refractivity contribution is 5.85. The molecule has 92 valence electrons. The van der Waals surface area contributed by atoms with Crippen LogP contribution in [0.3, 0.4) is 0 Å². The molecule has 1 rings (SSSR count). The van der Waals surface area contributed by atoms with Gasteiger partial charge in [-0.2, -0.15) is 0 Å². The molecule has 0 saturated heterocycles. The van der Waals surface area contributed by atoms with Crippen LogP contribution >= 0.6 is 12.4 Å². The molecule has 1 atom stereocenters. The van der Waals surface area contributed by atoms with Crippen molar-refractivity contribution in [3.05, 3.63) is 35.1 Å². The molecule has 0 aliphatic carbocycles. The molecule has 16 heavy (non-hydrogen) atoms. The molecule has 1 aromatic carbocycles. The van der Waals surface area contributed by atoms with Crippen molar-refractivity contribution in [2.45, 2.75) is 32.2 Å². The third kappa shape index (κ3) is 3.68. The second kappa shape index (κ2) is 6.76. The Labute approximate surface area is 99.2 Å². The van der Waals surface area contributed by atoms with E-state index in [1.807, 2.05) is 6.92 Å². The summed E-state index contributed by atoms with van der Waals surface area (Å²) in [6, 6.07) is 0.611. The van der Waals surface area contributed by atoms with Gasteiger partial charge in [-0.25, -0.2) is 13.2 Å². The van der Waals surface area contributed by atoms with E-state index in [0.717, 1.165) is 12.8 Å². The highest BCUT2D eigenvalue weighted by Gasteiger charge is 2.17. The van der Waals surface area contributed by atoms with Crippen LogP contribution in [-0.2, 0) is 0 Å². The minimum atomic E-state index is -0.920. The molecule has 0 bridgehead atoms. The maximum Gasteiger partial charge on any atom is 0.133 e. The van der Waals surface area contributed by atoms with Crippen LogP contribution in [-0.4, -0.2) is 0 Å². The van der Waals surface area contributed by atoms with Gasteiger partial charge in [0, 0.05) is 23.7 Å². The number of nitrogens with two attached hydrogens (primary N) is 1. The largest absolute Gasteiger partial charge is 0.324 e. The fraction of sp³-hybridized carbons (Fsp3) is 0.455. The Bertz CT molecular complexity index is 321. The highest BCUT2D eigenvalue weighted by Crippen LogP contribution is 2.23. The molecular formula is C11H15ClF3N. The number of rotatable bonds is 4. The quantitative estimate of drug-likeness (QED) is 0.870. The molecule has 0 aromatic heterocycles. The fourth-order valence-electron chi connectivity index (χ4n) is 1.48. The lowest BCUT2D eigenvalue weighted by atomic mass is 10.0. The molecule has 0 aliphatic heterocycles. The molecule has 1 aromatic rings. The summed E-state index contributed by atoms with van der Waals surface area (Å²) < 4.78 is 39.1. The van der Waals surface area contributed by atoms with E-state index in [4.69, 9.17) is 5.73 Å². The van der Waals surface area contributed by atoms with Crippen molar-refractivity contribution in [1.82, 2.24) is 0 Å². The smallest absolute Gasteiger partial charge is 0.133 e. The first-order valence-corrected chi connectivity index (χ1v) is 4.96. The first-order chi connectivity index (χ1) is 7.06. The average Bonchev–Trinajstić information content (AvgIpc) is 2.12. The van der Waals surface area contributed by atoms with Crippen molar-refractivity contribution >= 4 is 12.4 Å². The molecule has 0 radical (unpaired) electrons. The van der Waals surface area contributed by atoms with Crippen LogP contribution in [0.1, 0.15) is 37.8 Å². The molecule has 0 saturated carbocycles. The van der Waals surface area contributed by atoms with Crippen molar-refractivity contribution in [3.8, 4) is 0 Å². The Hall–Kier alpha value is -0.740. The summed E-state index contributed by atoms with van der Waals surface area (Å²) in [6.07, 6.45) is 2.19. The first kappa shape index (κ1) is 15.3. The highest BCUT2D eigenvalue weighted by atomic mass is 35.5. The first-order valence-electron chi connectivity index (χ1n) is 4.96. The topological polar surface area (TPSA) is 26.0 Å². The molecule has 0 unspecified atom stereocenters. The van der Waals surface area contributed by atoms with Crippen LogP contribution in [0.25, 0.3) is 0 Å². The number of hydrogen-bond donors (Lipinski definition) is 1. The lowest BCUT2D eigenvalue weighted by Crippen LogP contribution is -2.14. The Kier molecular flexibility index (Phi) is 6.45. The van der Waals surface area contributed by atoms with E-state index in [2.05, 4.69) is 0 Å². The maximum absolute atomic E-state index is 13.2. The Morgan fingerprint density at radius 3 is 2.12 bits per heavy atom. The van der Waals surface area contributed by atoms with Crippen LogP contribution < -0.4 is 5.73 Å². The maximum atomic E-state index is 13.2. The van der Waals surface area contributed by atoms with Gasteiger partial charge in [-0.05, 0) is 6.42 Å². The molecule has 0 spiro atoms. The molecule has 0 fully saturated rings. The summed E-state index contributed by atoms with van der Waals surface area (Å²) in [5.74, 6) is -2.73. The van der Waals surface area contributed by atoms with E-state index >= 15 is 0 Å². The summed E-state index contributed by atoms with van der Waals surface area (Å²) in [6.45, 7) is 1.96. The number of benzene rings is 1. The lowest BCUT2D eigenvalue weighted by molar-refractivity contribution is 0.486. The molecule has 0 aliphatic rings. The summed E-state index contributed by atoms with van der Waals surface area (Å²) in [7, 11) is 0. The molecular weight excluding hydrogens is 239 g/mol. The van der Waals surface area contributed by atoms with Gasteiger partial charge >= 0.3 is 0 Å². The minimum absolute atomic E-state index is 0. The Morgan fingerprint density at radius 2 is 1.69 bits per heavy atom. The van der Waals surface area contributed by atoms with Crippen molar-refractivity contribution < 1.29 is 13.2 Å². The molecule has 0 heterocycles. The van der Waals surface area contributed by atoms with E-state index < -0.39 is 23.5 Å². The third-order valence-electron chi connectivity index (χ3n) is 2.28. The second-order valence-corrected chi connectivity index (χ2v) is 3.53. The van der Waals surface area contributed by atoms with Crippen molar-refractivity contribution in [1.29, 1.82) is 0 Å². The lowest BCUT2D eigenvalue weighted by Gasteiger charge is -2.13. The molecule has 0 amide bonds. The summed E-state index contributed by atoms with van der Waals surface area (Å²) in [4.78, 5) is 0. The monoisotopic (exact) mass is 253 g/mol. The Balaban J connectivity index is 0.00000225. The molecule has 2 N–H and O–H groups in total. The summed E-state index contributed by atoms with van der Waals surface area (Å²) in [5.41, 5.74) is 5.41. The van der Waals surface area contributed by atoms with Gasteiger partial charge in [0.25, 0.3) is 0 Å². The summed E-state index contributed by atoms with van der Waals surface area (Å²) >= 11 is 0. The number of unbranched alkanes of at least 4 members (excludes halogenated alkanes) is 1. The number of hydrogen-bond acceptors (Lipinski definition) is 1. The van der Waals surface area contributed by atoms with E-state index in [1.54, 1.807) is 0 Å². The standard InChI is InChI=1S/C11H14F3N.ClH/c1-2-3-4-10(15)11-8(13)5-7(12)6-9(11)14;/h5-6,10H,2-4,15H2,1H3;1H/t10-;/m0./s1. The van der Waals surface area contributed by atoms with Gasteiger partial charge in [0.2, 0.25) is 0 Å². The predicted octanol–water partition coefficient (Wildman–Crippen LogP) is 3.72. The van der Waals surface area contributed by atoms with Crippen LogP contribution in [0.15, 0.2) is 12.1 Å². The van der Waals surface area contributed by atoms with Crippen molar-refractivity contribution in [3.63, 3.8) is 0 Å². The average molecular weight is 254 g/mol. The van der Waals surface area contributed by atoms with E-state index in [9.17, 15) is 13.2 Å². The van der Waals surface area contributed by atoms with Crippen LogP contribution in [0, 0.1) is 17.5 Å². The van der Waals surface area contributed by atoms with Crippen molar-refractivity contribution in [2.75, 3.05) is 0 Å². The van der Waals surface area contributed by atoms with Gasteiger partial charge < -0.3 is 5.73 Å². The Morgan fingerprint density at radius 1 is 1.19 bits per heavy atom. The second-order valence-electron chi connectivity index (χ2n) is 3.53.